The molecule has 1 N–H and O–H groups in total. The lowest BCUT2D eigenvalue weighted by Crippen LogP contribution is -2.47. The number of fused-ring (bicyclic) bond motifs is 1. The van der Waals surface area contributed by atoms with Crippen LogP contribution in [0.25, 0.3) is 0 Å². The van der Waals surface area contributed by atoms with Crippen LogP contribution < -0.4 is 5.32 Å². The van der Waals surface area contributed by atoms with Crippen molar-refractivity contribution in [2.75, 3.05) is 11.9 Å². The molecule has 1 fully saturated rings. The Morgan fingerprint density at radius 1 is 1.32 bits per heavy atom. The van der Waals surface area contributed by atoms with Gasteiger partial charge in [-0.15, -0.1) is 0 Å². The lowest BCUT2D eigenvalue weighted by Gasteiger charge is -2.38. The summed E-state index contributed by atoms with van der Waals surface area (Å²) in [5.74, 6) is -2.03. The van der Waals surface area contributed by atoms with Gasteiger partial charge in [-0.1, -0.05) is 35.9 Å². The highest BCUT2D eigenvalue weighted by Gasteiger charge is 2.37. The Hall–Kier alpha value is -2.32. The molecule has 1 saturated heterocycles. The zero-order valence-electron chi connectivity index (χ0n) is 17.1. The van der Waals surface area contributed by atoms with Crippen LogP contribution in [-0.2, 0) is 11.2 Å². The van der Waals surface area contributed by atoms with E-state index in [-0.39, 0.29) is 39.9 Å². The molecule has 6 nitrogen and oxygen atoms in total. The first kappa shape index (κ1) is 21.9. The van der Waals surface area contributed by atoms with Gasteiger partial charge in [0.05, 0.1) is 27.1 Å². The van der Waals surface area contributed by atoms with E-state index >= 15 is 0 Å². The second-order valence-electron chi connectivity index (χ2n) is 7.96. The number of amides is 2. The molecule has 164 valence electrons. The van der Waals surface area contributed by atoms with Crippen molar-refractivity contribution < 1.29 is 18.8 Å². The number of ketones is 1. The van der Waals surface area contributed by atoms with Crippen LogP contribution >= 0.6 is 22.9 Å². The zero-order chi connectivity index (χ0) is 22.1. The molecule has 0 saturated carbocycles. The number of piperidine rings is 1. The number of benzene rings is 1. The van der Waals surface area contributed by atoms with E-state index in [1.165, 1.54) is 12.1 Å². The maximum atomic E-state index is 14.0. The highest BCUT2D eigenvalue weighted by Crippen LogP contribution is 2.34. The topological polar surface area (TPSA) is 79.4 Å². The number of carbonyl (C=O) groups is 3. The minimum Gasteiger partial charge on any atom is -0.339 e. The summed E-state index contributed by atoms with van der Waals surface area (Å²) < 4.78 is 14.0. The summed E-state index contributed by atoms with van der Waals surface area (Å²) in [6.45, 7) is 2.81. The van der Waals surface area contributed by atoms with Gasteiger partial charge in [0.2, 0.25) is 5.91 Å². The summed E-state index contributed by atoms with van der Waals surface area (Å²) in [6, 6.07) is 4.22. The standard InChI is InChI=1S/C22H23ClFN3O3S/c1-2-13-6-3-4-9-27(13)21(30)12-10-16-19(17(28)11-12)31-22(25-16)26-20(29)18-14(23)7-5-8-15(18)24/h5,7-8,12-13H,2-4,6,9-11H2,1H3,(H,25,26,29). The fraction of sp³-hybridized carbons (Fsp3) is 0.455. The molecule has 1 aromatic carbocycles. The molecule has 0 bridgehead atoms. The Morgan fingerprint density at radius 2 is 2.13 bits per heavy atom. The number of rotatable bonds is 4. The molecule has 2 aliphatic rings. The summed E-state index contributed by atoms with van der Waals surface area (Å²) >= 11 is 7.00. The van der Waals surface area contributed by atoms with E-state index in [0.717, 1.165) is 49.6 Å². The largest absolute Gasteiger partial charge is 0.339 e. The minimum atomic E-state index is -0.736. The molecule has 1 aromatic heterocycles. The predicted molar refractivity (Wildman–Crippen MR) is 117 cm³/mol. The van der Waals surface area contributed by atoms with Crippen LogP contribution in [0, 0.1) is 11.7 Å². The Bertz CT molecular complexity index is 1020. The number of carbonyl (C=O) groups excluding carboxylic acids is 3. The fourth-order valence-corrected chi connectivity index (χ4v) is 5.57. The number of halogens is 2. The number of aromatic nitrogens is 1. The van der Waals surface area contributed by atoms with E-state index < -0.39 is 17.6 Å². The van der Waals surface area contributed by atoms with Crippen molar-refractivity contribution in [1.29, 1.82) is 0 Å². The monoisotopic (exact) mass is 463 g/mol. The van der Waals surface area contributed by atoms with E-state index in [0.29, 0.717) is 17.0 Å². The van der Waals surface area contributed by atoms with Crippen LogP contribution in [0.15, 0.2) is 18.2 Å². The third kappa shape index (κ3) is 4.36. The minimum absolute atomic E-state index is 0.00688. The number of likely N-dealkylation sites (tertiary alicyclic amines) is 1. The molecule has 2 atom stereocenters. The number of hydrogen-bond acceptors (Lipinski definition) is 5. The lowest BCUT2D eigenvalue weighted by atomic mass is 9.87. The van der Waals surface area contributed by atoms with Crippen LogP contribution in [0.4, 0.5) is 9.52 Å². The third-order valence-corrected chi connectivity index (χ3v) is 7.33. The summed E-state index contributed by atoms with van der Waals surface area (Å²) in [5.41, 5.74) is 0.243. The highest BCUT2D eigenvalue weighted by atomic mass is 35.5. The lowest BCUT2D eigenvalue weighted by molar-refractivity contribution is -0.139. The average Bonchev–Trinajstić information content (AvgIpc) is 3.16. The van der Waals surface area contributed by atoms with Crippen molar-refractivity contribution in [3.63, 3.8) is 0 Å². The van der Waals surface area contributed by atoms with Crippen LogP contribution in [-0.4, -0.2) is 40.1 Å². The van der Waals surface area contributed by atoms with E-state index in [2.05, 4.69) is 17.2 Å². The van der Waals surface area contributed by atoms with Gasteiger partial charge in [-0.2, -0.15) is 0 Å². The molecule has 9 heteroatoms. The van der Waals surface area contributed by atoms with E-state index in [1.54, 1.807) is 0 Å². The van der Waals surface area contributed by atoms with Gasteiger partial charge in [0.1, 0.15) is 5.82 Å². The zero-order valence-corrected chi connectivity index (χ0v) is 18.7. The number of nitrogens with one attached hydrogen (secondary N) is 1. The molecule has 0 radical (unpaired) electrons. The SMILES string of the molecule is CCC1CCCCN1C(=O)C1CC(=O)c2sc(NC(=O)c3c(F)cccc3Cl)nc2C1. The summed E-state index contributed by atoms with van der Waals surface area (Å²) in [7, 11) is 0. The molecule has 2 amide bonds. The van der Waals surface area contributed by atoms with E-state index in [4.69, 9.17) is 11.6 Å². The Kier molecular flexibility index (Phi) is 6.39. The van der Waals surface area contributed by atoms with Crippen LogP contribution in [0.5, 0.6) is 0 Å². The van der Waals surface area contributed by atoms with Crippen molar-refractivity contribution in [2.24, 2.45) is 5.92 Å². The van der Waals surface area contributed by atoms with E-state index in [1.807, 2.05) is 4.90 Å². The molecule has 4 rings (SSSR count). The van der Waals surface area contributed by atoms with Crippen LogP contribution in [0.3, 0.4) is 0 Å². The summed E-state index contributed by atoms with van der Waals surface area (Å²) in [5, 5.41) is 2.73. The van der Waals surface area contributed by atoms with Crippen molar-refractivity contribution in [2.45, 2.75) is 51.5 Å². The molecular weight excluding hydrogens is 441 g/mol. The van der Waals surface area contributed by atoms with Gasteiger partial charge in [0, 0.05) is 25.4 Å². The van der Waals surface area contributed by atoms with Crippen molar-refractivity contribution in [3.8, 4) is 0 Å². The summed E-state index contributed by atoms with van der Waals surface area (Å²) in [4.78, 5) is 45.1. The smallest absolute Gasteiger partial charge is 0.261 e. The molecule has 2 heterocycles. The van der Waals surface area contributed by atoms with Gasteiger partial charge < -0.3 is 4.90 Å². The Morgan fingerprint density at radius 3 is 2.87 bits per heavy atom. The third-order valence-electron chi connectivity index (χ3n) is 5.96. The fourth-order valence-electron chi connectivity index (χ4n) is 4.38. The number of hydrogen-bond donors (Lipinski definition) is 1. The van der Waals surface area contributed by atoms with Gasteiger partial charge in [0.15, 0.2) is 10.9 Å². The van der Waals surface area contributed by atoms with Gasteiger partial charge in [-0.25, -0.2) is 9.37 Å². The Balaban J connectivity index is 1.51. The Labute approximate surface area is 188 Å². The molecule has 0 spiro atoms. The second kappa shape index (κ2) is 9.04. The number of Topliss-reactive ketones (excluding diaryl/α,β-unsaturated/α-hetero) is 1. The van der Waals surface area contributed by atoms with Crippen molar-refractivity contribution in [1.82, 2.24) is 9.88 Å². The van der Waals surface area contributed by atoms with Gasteiger partial charge in [0.25, 0.3) is 5.91 Å². The first-order valence-corrected chi connectivity index (χ1v) is 11.7. The second-order valence-corrected chi connectivity index (χ2v) is 9.37. The molecule has 1 aliphatic carbocycles. The van der Waals surface area contributed by atoms with E-state index in [9.17, 15) is 18.8 Å². The van der Waals surface area contributed by atoms with Gasteiger partial charge in [-0.05, 0) is 37.8 Å². The molecule has 2 unspecified atom stereocenters. The average molecular weight is 464 g/mol. The van der Waals surface area contributed by atoms with Gasteiger partial charge >= 0.3 is 0 Å². The normalized spacial score (nSPS) is 21.0. The number of nitrogens with zero attached hydrogens (tertiary/aromatic N) is 2. The first-order valence-electron chi connectivity index (χ1n) is 10.5. The molecule has 2 aromatic rings. The first-order chi connectivity index (χ1) is 14.9. The predicted octanol–water partition coefficient (Wildman–Crippen LogP) is 4.72. The maximum absolute atomic E-state index is 14.0. The molecule has 31 heavy (non-hydrogen) atoms. The van der Waals surface area contributed by atoms with Gasteiger partial charge in [-0.3, -0.25) is 19.7 Å². The van der Waals surface area contributed by atoms with Crippen LogP contribution in [0.2, 0.25) is 5.02 Å². The maximum Gasteiger partial charge on any atom is 0.261 e. The van der Waals surface area contributed by atoms with Crippen molar-refractivity contribution >= 4 is 45.7 Å². The molecule has 1 aliphatic heterocycles. The number of anilines is 1. The molecular formula is C22H23ClFN3O3S. The van der Waals surface area contributed by atoms with Crippen LogP contribution in [0.1, 0.15) is 64.8 Å². The number of thiazole rings is 1. The summed E-state index contributed by atoms with van der Waals surface area (Å²) in [6.07, 6.45) is 4.52. The quantitative estimate of drug-likeness (QED) is 0.711. The van der Waals surface area contributed by atoms with Crippen molar-refractivity contribution in [3.05, 3.63) is 45.2 Å². The highest BCUT2D eigenvalue weighted by molar-refractivity contribution is 7.17.